The summed E-state index contributed by atoms with van der Waals surface area (Å²) in [6, 6.07) is 14.6. The number of rotatable bonds is 8. The quantitative estimate of drug-likeness (QED) is 0.147. The summed E-state index contributed by atoms with van der Waals surface area (Å²) in [7, 11) is 0. The summed E-state index contributed by atoms with van der Waals surface area (Å²) in [5.41, 5.74) is -8.14. The molecule has 2 aromatic rings. The number of ether oxygens (including phenoxy) is 5. The second-order valence-electron chi connectivity index (χ2n) is 17.6. The molecular formula is C43H53NO14. The molecule has 6 rings (SSSR count). The van der Waals surface area contributed by atoms with Gasteiger partial charge in [-0.3, -0.25) is 9.59 Å². The Balaban J connectivity index is 1.49. The molecule has 3 fully saturated rings. The topological polar surface area (TPSA) is 224 Å². The highest BCUT2D eigenvalue weighted by molar-refractivity contribution is 5.94. The predicted octanol–water partition coefficient (Wildman–Crippen LogP) is 3.26. The molecule has 2 bridgehead atoms. The Hall–Kier alpha value is -4.67. The standard InChI is InChI=1S/C43H53NO14/c1-22-26(55-37(51)32(48)30(24-15-11-9-12-16-24)44-38(52)58-39(3,4)5)20-43(53)35(56-36(50)25-17-13-10-14-18-25)33-41(8,34(49)31(47)29(22)40(43,6)7)27(46)19-28-42(33,21-54-28)57-23(2)45/h9-18,26-28,30-33,35,46-48,53H,19-21H2,1-8H3,(H,44,52)/t26-,27+,28-,30-,31-,32-,33-,35+,41+,42-,43-/m1/s1. The molecule has 15 nitrogen and oxygen atoms in total. The lowest BCUT2D eigenvalue weighted by atomic mass is 9.44. The van der Waals surface area contributed by atoms with Crippen molar-refractivity contribution in [3.63, 3.8) is 0 Å². The van der Waals surface area contributed by atoms with Crippen molar-refractivity contribution >= 4 is 29.8 Å². The van der Waals surface area contributed by atoms with Gasteiger partial charge in [0.2, 0.25) is 0 Å². The van der Waals surface area contributed by atoms with Crippen molar-refractivity contribution in [2.24, 2.45) is 16.7 Å². The highest BCUT2D eigenvalue weighted by Gasteiger charge is 2.78. The average molecular weight is 808 g/mol. The van der Waals surface area contributed by atoms with Crippen LogP contribution in [0.15, 0.2) is 71.8 Å². The number of nitrogens with one attached hydrogen (secondary N) is 1. The van der Waals surface area contributed by atoms with E-state index in [0.29, 0.717) is 5.56 Å². The molecule has 0 unspecified atom stereocenters. The van der Waals surface area contributed by atoms with Crippen molar-refractivity contribution in [2.45, 2.75) is 128 Å². The number of carbonyl (C=O) groups is 5. The van der Waals surface area contributed by atoms with E-state index in [9.17, 15) is 44.4 Å². The molecule has 0 aromatic heterocycles. The van der Waals surface area contributed by atoms with Crippen LogP contribution in [0, 0.1) is 16.7 Å². The minimum absolute atomic E-state index is 0.0637. The number of benzene rings is 2. The third-order valence-electron chi connectivity index (χ3n) is 12.6. The third-order valence-corrected chi connectivity index (χ3v) is 12.6. The molecule has 11 atom stereocenters. The molecule has 1 aliphatic heterocycles. The largest absolute Gasteiger partial charge is 0.456 e. The minimum atomic E-state index is -2.35. The highest BCUT2D eigenvalue weighted by atomic mass is 16.6. The zero-order valence-corrected chi connectivity index (χ0v) is 33.9. The van der Waals surface area contributed by atoms with E-state index in [1.807, 2.05) is 0 Å². The van der Waals surface area contributed by atoms with Crippen LogP contribution in [0.4, 0.5) is 4.79 Å². The lowest BCUT2D eigenvalue weighted by Crippen LogP contribution is -2.81. The third kappa shape index (κ3) is 7.10. The zero-order chi connectivity index (χ0) is 42.7. The summed E-state index contributed by atoms with van der Waals surface area (Å²) in [5, 5.41) is 51.6. The Morgan fingerprint density at radius 2 is 1.55 bits per heavy atom. The molecule has 0 spiro atoms. The van der Waals surface area contributed by atoms with Gasteiger partial charge < -0.3 is 49.4 Å². The normalized spacial score (nSPS) is 33.7. The second kappa shape index (κ2) is 15.2. The van der Waals surface area contributed by atoms with Crippen LogP contribution >= 0.6 is 0 Å². The molecule has 1 heterocycles. The van der Waals surface area contributed by atoms with Gasteiger partial charge in [0.1, 0.15) is 35.6 Å². The lowest BCUT2D eigenvalue weighted by molar-refractivity contribution is -0.346. The molecule has 4 aliphatic rings. The number of alkyl carbamates (subject to hydrolysis) is 1. The SMILES string of the molecule is CC(=O)O[C@]12CO[C@@H]1C[C@H](O)[C@]1(C)C(=O)[C@H](O)C3=C(C)[C@H](OC(=O)[C@H](O)[C@H](NC(=O)OC(C)(C)C)c4ccccc4)C[C@@](O)([C@@H](OC(=O)c4ccccc4)[C@@H]21)C3(C)C. The van der Waals surface area contributed by atoms with E-state index in [1.165, 1.54) is 26.0 Å². The smallest absolute Gasteiger partial charge is 0.408 e. The molecule has 58 heavy (non-hydrogen) atoms. The van der Waals surface area contributed by atoms with E-state index >= 15 is 0 Å². The van der Waals surface area contributed by atoms with Crippen LogP contribution in [0.3, 0.4) is 0 Å². The predicted molar refractivity (Wildman–Crippen MR) is 204 cm³/mol. The van der Waals surface area contributed by atoms with Crippen molar-refractivity contribution in [1.29, 1.82) is 0 Å². The zero-order valence-electron chi connectivity index (χ0n) is 33.9. The number of Topliss-reactive ketones (excluding diaryl/α,β-unsaturated/α-hetero) is 1. The van der Waals surface area contributed by atoms with Gasteiger partial charge in [-0.1, -0.05) is 62.4 Å². The first-order chi connectivity index (χ1) is 27.0. The summed E-state index contributed by atoms with van der Waals surface area (Å²) in [6.45, 7) is 11.8. The average Bonchev–Trinajstić information content (AvgIpc) is 3.14. The fraction of sp³-hybridized carbons (Fsp3) is 0.558. The molecule has 3 aliphatic carbocycles. The molecule has 15 heteroatoms. The number of amides is 1. The molecule has 1 amide bonds. The van der Waals surface area contributed by atoms with Crippen LogP contribution < -0.4 is 5.32 Å². The Labute approximate surface area is 336 Å². The molecule has 5 N–H and O–H groups in total. The number of fused-ring (bicyclic) bond motifs is 5. The van der Waals surface area contributed by atoms with Crippen molar-refractivity contribution < 1.29 is 68.1 Å². The number of esters is 3. The molecule has 2 saturated carbocycles. The van der Waals surface area contributed by atoms with Crippen LogP contribution in [-0.2, 0) is 38.1 Å². The van der Waals surface area contributed by atoms with Gasteiger partial charge in [0.05, 0.1) is 35.6 Å². The van der Waals surface area contributed by atoms with Crippen molar-refractivity contribution in [3.8, 4) is 0 Å². The number of hydrogen-bond donors (Lipinski definition) is 5. The Morgan fingerprint density at radius 3 is 2.10 bits per heavy atom. The molecule has 314 valence electrons. The van der Waals surface area contributed by atoms with Gasteiger partial charge in [0.25, 0.3) is 0 Å². The molecule has 1 saturated heterocycles. The van der Waals surface area contributed by atoms with Crippen molar-refractivity contribution in [1.82, 2.24) is 5.32 Å². The molecule has 0 radical (unpaired) electrons. The van der Waals surface area contributed by atoms with Gasteiger partial charge in [0, 0.05) is 25.2 Å². The first-order valence-electron chi connectivity index (χ1n) is 19.3. The fourth-order valence-electron chi connectivity index (χ4n) is 9.56. The summed E-state index contributed by atoms with van der Waals surface area (Å²) in [5.74, 6) is -5.36. The maximum absolute atomic E-state index is 14.9. The van der Waals surface area contributed by atoms with E-state index in [-0.39, 0.29) is 29.7 Å². The Morgan fingerprint density at radius 1 is 0.948 bits per heavy atom. The summed E-state index contributed by atoms with van der Waals surface area (Å²) in [4.78, 5) is 68.9. The Kier molecular flexibility index (Phi) is 11.2. The van der Waals surface area contributed by atoms with E-state index < -0.39 is 112 Å². The summed E-state index contributed by atoms with van der Waals surface area (Å²) in [6.07, 6.45) is -11.5. The minimum Gasteiger partial charge on any atom is -0.456 e. The van der Waals surface area contributed by atoms with Crippen LogP contribution in [-0.4, -0.2) is 110 Å². The van der Waals surface area contributed by atoms with E-state index in [0.717, 1.165) is 6.92 Å². The number of hydrogen-bond acceptors (Lipinski definition) is 14. The van der Waals surface area contributed by atoms with Gasteiger partial charge >= 0.3 is 24.0 Å². The van der Waals surface area contributed by atoms with E-state index in [1.54, 1.807) is 83.1 Å². The van der Waals surface area contributed by atoms with E-state index in [4.69, 9.17) is 23.7 Å². The summed E-state index contributed by atoms with van der Waals surface area (Å²) >= 11 is 0. The van der Waals surface area contributed by atoms with Crippen LogP contribution in [0.2, 0.25) is 0 Å². The van der Waals surface area contributed by atoms with E-state index in [2.05, 4.69) is 5.32 Å². The fourth-order valence-corrected chi connectivity index (χ4v) is 9.56. The molecule has 2 aromatic carbocycles. The van der Waals surface area contributed by atoms with Crippen LogP contribution in [0.5, 0.6) is 0 Å². The number of aliphatic hydroxyl groups excluding tert-OH is 3. The number of aliphatic hydroxyl groups is 4. The van der Waals surface area contributed by atoms with Crippen molar-refractivity contribution in [2.75, 3.05) is 6.61 Å². The maximum Gasteiger partial charge on any atom is 0.408 e. The van der Waals surface area contributed by atoms with Crippen molar-refractivity contribution in [3.05, 3.63) is 82.9 Å². The van der Waals surface area contributed by atoms with Gasteiger partial charge in [-0.15, -0.1) is 0 Å². The number of carbonyl (C=O) groups excluding carboxylic acids is 5. The lowest BCUT2D eigenvalue weighted by Gasteiger charge is -2.67. The van der Waals surface area contributed by atoms with Crippen LogP contribution in [0.1, 0.15) is 90.2 Å². The summed E-state index contributed by atoms with van der Waals surface area (Å²) < 4.78 is 29.5. The first-order valence-corrected chi connectivity index (χ1v) is 19.3. The highest BCUT2D eigenvalue weighted by Crippen LogP contribution is 2.64. The first kappa shape index (κ1) is 42.9. The second-order valence-corrected chi connectivity index (χ2v) is 17.6. The maximum atomic E-state index is 14.9. The van der Waals surface area contributed by atoms with Gasteiger partial charge in [-0.25, -0.2) is 14.4 Å². The molecular weight excluding hydrogens is 754 g/mol. The monoisotopic (exact) mass is 807 g/mol. The van der Waals surface area contributed by atoms with Gasteiger partial charge in [0.15, 0.2) is 17.5 Å². The van der Waals surface area contributed by atoms with Gasteiger partial charge in [-0.05, 0) is 63.5 Å². The number of ketones is 1. The van der Waals surface area contributed by atoms with Gasteiger partial charge in [-0.2, -0.15) is 0 Å². The van der Waals surface area contributed by atoms with Crippen LogP contribution in [0.25, 0.3) is 0 Å². The Bertz CT molecular complexity index is 1980.